The lowest BCUT2D eigenvalue weighted by Crippen LogP contribution is -2.46. The quantitative estimate of drug-likeness (QED) is 0.541. The van der Waals surface area contributed by atoms with Crippen LogP contribution in [0.4, 0.5) is 0 Å². The molecule has 0 unspecified atom stereocenters. The van der Waals surface area contributed by atoms with Crippen molar-refractivity contribution >= 4 is 61.2 Å². The molecule has 1 aromatic rings. The van der Waals surface area contributed by atoms with Gasteiger partial charge < -0.3 is 0 Å². The highest BCUT2D eigenvalue weighted by Gasteiger charge is 2.52. The highest BCUT2D eigenvalue weighted by molar-refractivity contribution is 9.12. The molecule has 3 rings (SSSR count). The number of rotatable bonds is 2. The van der Waals surface area contributed by atoms with Gasteiger partial charge in [0.1, 0.15) is 0 Å². The van der Waals surface area contributed by atoms with Crippen LogP contribution in [-0.4, -0.2) is 32.4 Å². The Morgan fingerprint density at radius 2 is 1.52 bits per heavy atom. The molecule has 1 aromatic carbocycles. The van der Waals surface area contributed by atoms with Crippen LogP contribution in [0.1, 0.15) is 23.2 Å². The molecule has 1 saturated heterocycles. The van der Waals surface area contributed by atoms with Crippen molar-refractivity contribution in [3.63, 3.8) is 0 Å². The number of amides is 3. The van der Waals surface area contributed by atoms with Gasteiger partial charge in [0.25, 0.3) is 17.7 Å². The normalized spacial score (nSPS) is 30.3. The molecule has 2 aliphatic rings. The fraction of sp³-hybridized carbons (Fsp3) is 0.400. The van der Waals surface area contributed by atoms with Crippen LogP contribution >= 0.6 is 43.5 Å². The molecule has 5 nitrogen and oxygen atoms in total. The smallest absolute Gasteiger partial charge is 0.270 e. The van der Waals surface area contributed by atoms with Gasteiger partial charge in [0.05, 0.1) is 11.8 Å². The maximum absolute atomic E-state index is 12.5. The zero-order chi connectivity index (χ0) is 16.7. The fourth-order valence-electron chi connectivity index (χ4n) is 2.97. The van der Waals surface area contributed by atoms with Gasteiger partial charge in [-0.2, -0.15) is 5.01 Å². The van der Waals surface area contributed by atoms with E-state index in [0.717, 1.165) is 5.01 Å². The summed E-state index contributed by atoms with van der Waals surface area (Å²) in [5, 5.41) is 1.38. The third-order valence-electron chi connectivity index (χ3n) is 4.23. The van der Waals surface area contributed by atoms with Gasteiger partial charge in [-0.3, -0.25) is 19.8 Å². The molecule has 0 radical (unpaired) electrons. The van der Waals surface area contributed by atoms with Crippen LogP contribution in [0, 0.1) is 11.8 Å². The Morgan fingerprint density at radius 1 is 1.04 bits per heavy atom. The van der Waals surface area contributed by atoms with E-state index in [9.17, 15) is 14.4 Å². The lowest BCUT2D eigenvalue weighted by molar-refractivity contribution is -0.142. The molecule has 3 amide bonds. The summed E-state index contributed by atoms with van der Waals surface area (Å²) >= 11 is 12.8. The molecule has 2 fully saturated rings. The first kappa shape index (κ1) is 16.9. The molecule has 1 N–H and O–H groups in total. The van der Waals surface area contributed by atoms with Crippen LogP contribution in [0.2, 0.25) is 5.02 Å². The SMILES string of the molecule is O=C(NN1C(=O)[C@@H]2C[C@H](Br)[C@@H](Br)C[C@H]2C1=O)c1ccc(Cl)cc1. The summed E-state index contributed by atoms with van der Waals surface area (Å²) in [6, 6.07) is 6.24. The van der Waals surface area contributed by atoms with Gasteiger partial charge in [0.2, 0.25) is 0 Å². The number of nitrogens with zero attached hydrogens (tertiary/aromatic N) is 1. The lowest BCUT2D eigenvalue weighted by Gasteiger charge is -2.29. The van der Waals surface area contributed by atoms with E-state index < -0.39 is 5.91 Å². The standard InChI is InChI=1S/C15H13Br2ClN2O3/c16-11-5-9-10(6-12(11)17)15(23)20(14(9)22)19-13(21)7-1-3-8(18)4-2-7/h1-4,9-12H,5-6H2,(H,19,21)/t9-,10-,11+,12+/m1/s1. The van der Waals surface area contributed by atoms with E-state index in [-0.39, 0.29) is 33.3 Å². The van der Waals surface area contributed by atoms with Crippen LogP contribution in [0.25, 0.3) is 0 Å². The van der Waals surface area contributed by atoms with Gasteiger partial charge in [-0.25, -0.2) is 0 Å². The molecule has 1 saturated carbocycles. The highest BCUT2D eigenvalue weighted by atomic mass is 79.9. The minimum absolute atomic E-state index is 0.132. The Morgan fingerprint density at radius 3 is 2.00 bits per heavy atom. The molecule has 1 aliphatic carbocycles. The van der Waals surface area contributed by atoms with Gasteiger partial charge >= 0.3 is 0 Å². The topological polar surface area (TPSA) is 66.5 Å². The molecule has 122 valence electrons. The Labute approximate surface area is 155 Å². The number of hydrogen-bond acceptors (Lipinski definition) is 3. The van der Waals surface area contributed by atoms with E-state index in [1.54, 1.807) is 24.3 Å². The Balaban J connectivity index is 1.76. The molecule has 0 aromatic heterocycles. The molecular formula is C15H13Br2ClN2O3. The number of carbonyl (C=O) groups excluding carboxylic acids is 3. The lowest BCUT2D eigenvalue weighted by atomic mass is 9.81. The predicted octanol–water partition coefficient (Wildman–Crippen LogP) is 2.91. The minimum Gasteiger partial charge on any atom is -0.272 e. The first-order chi connectivity index (χ1) is 10.9. The number of nitrogens with one attached hydrogen (secondary N) is 1. The second-order valence-electron chi connectivity index (χ2n) is 5.68. The third kappa shape index (κ3) is 3.19. The van der Waals surface area contributed by atoms with Crippen molar-refractivity contribution in [2.75, 3.05) is 0 Å². The number of alkyl halides is 2. The van der Waals surface area contributed by atoms with Crippen molar-refractivity contribution < 1.29 is 14.4 Å². The van der Waals surface area contributed by atoms with E-state index >= 15 is 0 Å². The number of hydrogen-bond donors (Lipinski definition) is 1. The van der Waals surface area contributed by atoms with Crippen molar-refractivity contribution in [1.29, 1.82) is 0 Å². The van der Waals surface area contributed by atoms with Crippen molar-refractivity contribution in [3.05, 3.63) is 34.9 Å². The first-order valence-corrected chi connectivity index (χ1v) is 9.32. The Bertz CT molecular complexity index is 639. The minimum atomic E-state index is -0.507. The van der Waals surface area contributed by atoms with Crippen LogP contribution in [-0.2, 0) is 9.59 Å². The van der Waals surface area contributed by atoms with Crippen LogP contribution in [0.15, 0.2) is 24.3 Å². The van der Waals surface area contributed by atoms with E-state index in [4.69, 9.17) is 11.6 Å². The number of hydrazine groups is 1. The summed E-state index contributed by atoms with van der Waals surface area (Å²) < 4.78 is 0. The average molecular weight is 465 g/mol. The molecule has 4 atom stereocenters. The van der Waals surface area contributed by atoms with Crippen LogP contribution in [0.5, 0.6) is 0 Å². The Kier molecular flexibility index (Phi) is 4.80. The number of benzene rings is 1. The zero-order valence-corrected chi connectivity index (χ0v) is 15.8. The molecule has 8 heteroatoms. The van der Waals surface area contributed by atoms with Crippen molar-refractivity contribution in [3.8, 4) is 0 Å². The Hall–Kier alpha value is -0.920. The predicted molar refractivity (Wildman–Crippen MR) is 92.4 cm³/mol. The average Bonchev–Trinajstić information content (AvgIpc) is 2.73. The van der Waals surface area contributed by atoms with Crippen LogP contribution in [0.3, 0.4) is 0 Å². The van der Waals surface area contributed by atoms with Gasteiger partial charge in [0.15, 0.2) is 0 Å². The molecule has 1 heterocycles. The zero-order valence-electron chi connectivity index (χ0n) is 11.8. The summed E-state index contributed by atoms with van der Waals surface area (Å²) in [5.74, 6) is -1.96. The number of imide groups is 1. The molecule has 0 bridgehead atoms. The number of carbonyl (C=O) groups is 3. The number of fused-ring (bicyclic) bond motifs is 1. The van der Waals surface area contributed by atoms with E-state index in [2.05, 4.69) is 37.3 Å². The third-order valence-corrected chi connectivity index (χ3v) is 7.22. The largest absolute Gasteiger partial charge is 0.272 e. The van der Waals surface area contributed by atoms with Crippen molar-refractivity contribution in [1.82, 2.24) is 10.4 Å². The first-order valence-electron chi connectivity index (χ1n) is 7.11. The van der Waals surface area contributed by atoms with Gasteiger partial charge in [-0.1, -0.05) is 43.5 Å². The summed E-state index contributed by atoms with van der Waals surface area (Å²) in [5.41, 5.74) is 2.76. The molecule has 1 aliphatic heterocycles. The summed E-state index contributed by atoms with van der Waals surface area (Å²) in [6.07, 6.45) is 1.14. The van der Waals surface area contributed by atoms with Gasteiger partial charge in [0, 0.05) is 20.2 Å². The maximum atomic E-state index is 12.5. The highest BCUT2D eigenvalue weighted by Crippen LogP contribution is 2.42. The summed E-state index contributed by atoms with van der Waals surface area (Å²) in [4.78, 5) is 37.4. The second-order valence-corrected chi connectivity index (χ2v) is 8.46. The maximum Gasteiger partial charge on any atom is 0.270 e. The van der Waals surface area contributed by atoms with E-state index in [1.165, 1.54) is 0 Å². The molecule has 0 spiro atoms. The molecule has 23 heavy (non-hydrogen) atoms. The van der Waals surface area contributed by atoms with Crippen LogP contribution < -0.4 is 5.43 Å². The fourth-order valence-corrected chi connectivity index (χ4v) is 4.34. The number of halogens is 3. The van der Waals surface area contributed by atoms with E-state index in [1.807, 2.05) is 0 Å². The molecular weight excluding hydrogens is 451 g/mol. The van der Waals surface area contributed by atoms with E-state index in [0.29, 0.717) is 23.4 Å². The second kappa shape index (κ2) is 6.53. The summed E-state index contributed by atoms with van der Waals surface area (Å²) in [7, 11) is 0. The van der Waals surface area contributed by atoms with Crippen molar-refractivity contribution in [2.24, 2.45) is 11.8 Å². The van der Waals surface area contributed by atoms with Crippen molar-refractivity contribution in [2.45, 2.75) is 22.5 Å². The summed E-state index contributed by atoms with van der Waals surface area (Å²) in [6.45, 7) is 0. The van der Waals surface area contributed by atoms with Gasteiger partial charge in [-0.15, -0.1) is 0 Å². The monoisotopic (exact) mass is 462 g/mol. The van der Waals surface area contributed by atoms with Gasteiger partial charge in [-0.05, 0) is 37.1 Å².